The Morgan fingerprint density at radius 2 is 1.89 bits per heavy atom. The van der Waals surface area contributed by atoms with E-state index in [0.29, 0.717) is 12.5 Å². The second-order valence-electron chi connectivity index (χ2n) is 6.61. The summed E-state index contributed by atoms with van der Waals surface area (Å²) in [5.41, 5.74) is 0. The Kier molecular flexibility index (Phi) is 5.26. The van der Waals surface area contributed by atoms with Crippen LogP contribution in [0, 0.1) is 17.8 Å². The van der Waals surface area contributed by atoms with Crippen molar-refractivity contribution in [3.63, 3.8) is 0 Å². The molecule has 3 heteroatoms. The van der Waals surface area contributed by atoms with E-state index in [9.17, 15) is 9.90 Å². The molecule has 0 aromatic carbocycles. The highest BCUT2D eigenvalue weighted by atomic mass is 16.3. The fourth-order valence-corrected chi connectivity index (χ4v) is 3.40. The van der Waals surface area contributed by atoms with E-state index in [0.717, 1.165) is 31.6 Å². The summed E-state index contributed by atoms with van der Waals surface area (Å²) in [6.07, 6.45) is 9.22. The zero-order valence-corrected chi connectivity index (χ0v) is 12.5. The van der Waals surface area contributed by atoms with Gasteiger partial charge in [0.15, 0.2) is 0 Å². The van der Waals surface area contributed by atoms with Crippen molar-refractivity contribution in [3.8, 4) is 0 Å². The van der Waals surface area contributed by atoms with Crippen LogP contribution >= 0.6 is 0 Å². The topological polar surface area (TPSA) is 40.5 Å². The summed E-state index contributed by atoms with van der Waals surface area (Å²) in [5.74, 6) is 1.62. The number of hydrogen-bond donors (Lipinski definition) is 1. The third kappa shape index (κ3) is 4.20. The molecule has 3 nitrogen and oxygen atoms in total. The van der Waals surface area contributed by atoms with Crippen molar-refractivity contribution < 1.29 is 9.90 Å². The summed E-state index contributed by atoms with van der Waals surface area (Å²) in [6.45, 7) is 2.63. The third-order valence-corrected chi connectivity index (χ3v) is 4.94. The quantitative estimate of drug-likeness (QED) is 0.770. The monoisotopic (exact) mass is 267 g/mol. The van der Waals surface area contributed by atoms with E-state index >= 15 is 0 Å². The van der Waals surface area contributed by atoms with Gasteiger partial charge in [0, 0.05) is 19.5 Å². The van der Waals surface area contributed by atoms with Crippen molar-refractivity contribution in [1.82, 2.24) is 4.90 Å². The first-order valence-electron chi connectivity index (χ1n) is 8.04. The van der Waals surface area contributed by atoms with Gasteiger partial charge in [0.2, 0.25) is 5.91 Å². The summed E-state index contributed by atoms with van der Waals surface area (Å²) in [5, 5.41) is 9.95. The van der Waals surface area contributed by atoms with Crippen LogP contribution in [0.25, 0.3) is 0 Å². The highest BCUT2D eigenvalue weighted by Crippen LogP contribution is 2.34. The summed E-state index contributed by atoms with van der Waals surface area (Å²) < 4.78 is 0. The number of rotatable bonds is 7. The van der Waals surface area contributed by atoms with Crippen molar-refractivity contribution in [2.75, 3.05) is 13.6 Å². The number of carbonyl (C=O) groups is 1. The van der Waals surface area contributed by atoms with Crippen molar-refractivity contribution in [2.24, 2.45) is 17.8 Å². The molecule has 2 atom stereocenters. The zero-order valence-electron chi connectivity index (χ0n) is 12.5. The maximum atomic E-state index is 12.5. The number of likely N-dealkylation sites (N-methyl/N-ethyl adjacent to an activating group) is 1. The Morgan fingerprint density at radius 1 is 1.26 bits per heavy atom. The predicted octanol–water partition coefficient (Wildman–Crippen LogP) is 2.82. The minimum Gasteiger partial charge on any atom is -0.391 e. The Hall–Kier alpha value is -0.570. The van der Waals surface area contributed by atoms with Crippen LogP contribution in [-0.4, -0.2) is 35.6 Å². The van der Waals surface area contributed by atoms with Crippen LogP contribution in [0.3, 0.4) is 0 Å². The van der Waals surface area contributed by atoms with Crippen LogP contribution in [0.15, 0.2) is 0 Å². The van der Waals surface area contributed by atoms with Gasteiger partial charge >= 0.3 is 0 Å². The van der Waals surface area contributed by atoms with E-state index in [1.54, 1.807) is 4.90 Å². The minimum atomic E-state index is -0.307. The van der Waals surface area contributed by atoms with Gasteiger partial charge in [-0.15, -0.1) is 0 Å². The average molecular weight is 267 g/mol. The van der Waals surface area contributed by atoms with Crippen LogP contribution in [-0.2, 0) is 4.79 Å². The van der Waals surface area contributed by atoms with Gasteiger partial charge in [0.1, 0.15) is 0 Å². The Morgan fingerprint density at radius 3 is 2.42 bits per heavy atom. The van der Waals surface area contributed by atoms with E-state index < -0.39 is 0 Å². The number of carbonyl (C=O) groups excluding carboxylic acids is 1. The van der Waals surface area contributed by atoms with E-state index in [4.69, 9.17) is 0 Å². The fraction of sp³-hybridized carbons (Fsp3) is 0.938. The van der Waals surface area contributed by atoms with Crippen LogP contribution in [0.1, 0.15) is 58.3 Å². The van der Waals surface area contributed by atoms with Gasteiger partial charge in [-0.1, -0.05) is 32.6 Å². The molecular formula is C16H29NO2. The van der Waals surface area contributed by atoms with Gasteiger partial charge in [-0.05, 0) is 37.5 Å². The number of hydrogen-bond acceptors (Lipinski definition) is 2. The summed E-state index contributed by atoms with van der Waals surface area (Å²) in [4.78, 5) is 14.2. The number of aliphatic hydroxyl groups excluding tert-OH is 1. The van der Waals surface area contributed by atoms with Crippen LogP contribution in [0.5, 0.6) is 0 Å². The van der Waals surface area contributed by atoms with E-state index in [1.807, 2.05) is 7.05 Å². The molecule has 0 saturated heterocycles. The standard InChI is InChI=1S/C16H29NO2/c1-3-13(10-12-6-4-5-7-12)16(19)17(2)11-15(18)14-8-9-14/h12-15,18H,3-11H2,1-2H3. The Balaban J connectivity index is 1.80. The van der Waals surface area contributed by atoms with Crippen LogP contribution < -0.4 is 0 Å². The molecule has 0 bridgehead atoms. The lowest BCUT2D eigenvalue weighted by molar-refractivity contribution is -0.136. The minimum absolute atomic E-state index is 0.166. The lowest BCUT2D eigenvalue weighted by atomic mass is 9.90. The summed E-state index contributed by atoms with van der Waals surface area (Å²) >= 11 is 0. The number of amides is 1. The second-order valence-corrected chi connectivity index (χ2v) is 6.61. The van der Waals surface area contributed by atoms with Gasteiger partial charge in [-0.25, -0.2) is 0 Å². The SMILES string of the molecule is CCC(CC1CCCC1)C(=O)N(C)CC(O)C1CC1. The van der Waals surface area contributed by atoms with Crippen molar-refractivity contribution in [2.45, 2.75) is 64.4 Å². The molecule has 1 amide bonds. The first kappa shape index (κ1) is 14.8. The van der Waals surface area contributed by atoms with Crippen molar-refractivity contribution in [3.05, 3.63) is 0 Å². The largest absolute Gasteiger partial charge is 0.391 e. The molecule has 2 aliphatic carbocycles. The molecule has 0 aromatic rings. The fourth-order valence-electron chi connectivity index (χ4n) is 3.40. The highest BCUT2D eigenvalue weighted by molar-refractivity contribution is 5.78. The molecule has 2 rings (SSSR count). The van der Waals surface area contributed by atoms with E-state index in [2.05, 4.69) is 6.92 Å². The first-order valence-corrected chi connectivity index (χ1v) is 8.04. The van der Waals surface area contributed by atoms with Crippen molar-refractivity contribution >= 4 is 5.91 Å². The maximum absolute atomic E-state index is 12.5. The molecule has 2 aliphatic rings. The zero-order chi connectivity index (χ0) is 13.8. The maximum Gasteiger partial charge on any atom is 0.225 e. The lowest BCUT2D eigenvalue weighted by Crippen LogP contribution is -2.39. The highest BCUT2D eigenvalue weighted by Gasteiger charge is 2.32. The smallest absolute Gasteiger partial charge is 0.225 e. The van der Waals surface area contributed by atoms with Gasteiger partial charge in [-0.3, -0.25) is 4.79 Å². The molecule has 1 N–H and O–H groups in total. The molecule has 0 spiro atoms. The second kappa shape index (κ2) is 6.74. The molecule has 110 valence electrons. The van der Waals surface area contributed by atoms with Gasteiger partial charge in [0.05, 0.1) is 6.10 Å². The molecule has 2 unspecified atom stereocenters. The van der Waals surface area contributed by atoms with E-state index in [-0.39, 0.29) is 17.9 Å². The molecule has 2 fully saturated rings. The normalized spacial score (nSPS) is 23.3. The third-order valence-electron chi connectivity index (χ3n) is 4.94. The summed E-state index contributed by atoms with van der Waals surface area (Å²) in [6, 6.07) is 0. The van der Waals surface area contributed by atoms with Crippen LogP contribution in [0.2, 0.25) is 0 Å². The molecule has 19 heavy (non-hydrogen) atoms. The number of aliphatic hydroxyl groups is 1. The first-order chi connectivity index (χ1) is 9.11. The van der Waals surface area contributed by atoms with Gasteiger partial charge in [0.25, 0.3) is 0 Å². The number of nitrogens with zero attached hydrogens (tertiary/aromatic N) is 1. The van der Waals surface area contributed by atoms with Gasteiger partial charge < -0.3 is 10.0 Å². The predicted molar refractivity (Wildman–Crippen MR) is 76.7 cm³/mol. The average Bonchev–Trinajstić information content (AvgIpc) is 3.13. The molecule has 0 aliphatic heterocycles. The Labute approximate surface area is 117 Å². The molecule has 0 radical (unpaired) electrons. The van der Waals surface area contributed by atoms with Crippen LogP contribution in [0.4, 0.5) is 0 Å². The van der Waals surface area contributed by atoms with E-state index in [1.165, 1.54) is 25.7 Å². The lowest BCUT2D eigenvalue weighted by Gasteiger charge is -2.26. The summed E-state index contributed by atoms with van der Waals surface area (Å²) in [7, 11) is 1.85. The molecular weight excluding hydrogens is 238 g/mol. The van der Waals surface area contributed by atoms with Crippen molar-refractivity contribution in [1.29, 1.82) is 0 Å². The molecule has 0 heterocycles. The Bertz CT molecular complexity index is 295. The molecule has 2 saturated carbocycles. The molecule has 0 aromatic heterocycles. The van der Waals surface area contributed by atoms with Gasteiger partial charge in [-0.2, -0.15) is 0 Å².